The summed E-state index contributed by atoms with van der Waals surface area (Å²) in [6.45, 7) is 2.46. The van der Waals surface area contributed by atoms with Crippen LogP contribution in [-0.4, -0.2) is 44.2 Å². The zero-order chi connectivity index (χ0) is 16.4. The van der Waals surface area contributed by atoms with Crippen LogP contribution in [0.4, 0.5) is 5.69 Å². The molecule has 2 heterocycles. The fourth-order valence-electron chi connectivity index (χ4n) is 3.69. The molecular formula is C18H26IN3O3. The second-order valence-corrected chi connectivity index (χ2v) is 6.76. The van der Waals surface area contributed by atoms with Crippen molar-refractivity contribution in [3.05, 3.63) is 29.3 Å². The number of anilines is 1. The Bertz CT molecular complexity index is 632. The number of nitrogens with zero attached hydrogens (tertiary/aromatic N) is 1. The van der Waals surface area contributed by atoms with E-state index in [-0.39, 0.29) is 30.1 Å². The van der Waals surface area contributed by atoms with Gasteiger partial charge in [0.2, 0.25) is 0 Å². The summed E-state index contributed by atoms with van der Waals surface area (Å²) < 4.78 is 17.3. The van der Waals surface area contributed by atoms with Crippen LogP contribution in [0, 0.1) is 0 Å². The quantitative estimate of drug-likeness (QED) is 0.413. The topological polar surface area (TPSA) is 78.1 Å². The van der Waals surface area contributed by atoms with Gasteiger partial charge in [0.15, 0.2) is 11.7 Å². The molecule has 2 saturated heterocycles. The Balaban J connectivity index is 0.00000182. The number of nitrogens with one attached hydrogen (secondary N) is 1. The number of hydrogen-bond acceptors (Lipinski definition) is 4. The highest BCUT2D eigenvalue weighted by atomic mass is 127. The van der Waals surface area contributed by atoms with Gasteiger partial charge in [0.05, 0.1) is 26.4 Å². The van der Waals surface area contributed by atoms with E-state index in [0.717, 1.165) is 24.9 Å². The molecule has 1 atom stereocenters. The third-order valence-corrected chi connectivity index (χ3v) is 5.00. The second kappa shape index (κ2) is 8.20. The van der Waals surface area contributed by atoms with E-state index in [1.807, 2.05) is 0 Å². The van der Waals surface area contributed by atoms with E-state index in [2.05, 4.69) is 28.5 Å². The summed E-state index contributed by atoms with van der Waals surface area (Å²) in [6, 6.07) is 6.43. The number of hydrogen-bond donors (Lipinski definition) is 2. The summed E-state index contributed by atoms with van der Waals surface area (Å²) in [4.78, 5) is 4.42. The van der Waals surface area contributed by atoms with Gasteiger partial charge in [-0.05, 0) is 42.5 Å². The van der Waals surface area contributed by atoms with Crippen LogP contribution < -0.4 is 11.1 Å². The van der Waals surface area contributed by atoms with Gasteiger partial charge in [0.25, 0.3) is 0 Å². The molecule has 0 amide bonds. The molecule has 1 aliphatic carbocycles. The molecule has 3 aliphatic rings. The molecule has 7 heteroatoms. The summed E-state index contributed by atoms with van der Waals surface area (Å²) in [7, 11) is 0. The van der Waals surface area contributed by atoms with Gasteiger partial charge in [-0.15, -0.1) is 24.0 Å². The molecule has 2 fully saturated rings. The predicted molar refractivity (Wildman–Crippen MR) is 108 cm³/mol. The summed E-state index contributed by atoms with van der Waals surface area (Å²) in [5.74, 6) is -0.0369. The lowest BCUT2D eigenvalue weighted by molar-refractivity contribution is -0.210. The van der Waals surface area contributed by atoms with E-state index in [1.165, 1.54) is 24.0 Å². The fourth-order valence-corrected chi connectivity index (χ4v) is 3.69. The molecule has 138 valence electrons. The van der Waals surface area contributed by atoms with Gasteiger partial charge in [-0.25, -0.2) is 0 Å². The lowest BCUT2D eigenvalue weighted by atomic mass is 10.1. The summed E-state index contributed by atoms with van der Waals surface area (Å²) >= 11 is 0. The highest BCUT2D eigenvalue weighted by molar-refractivity contribution is 14.0. The van der Waals surface area contributed by atoms with Crippen molar-refractivity contribution in [3.8, 4) is 0 Å². The number of halogens is 1. The number of ether oxygens (including phenoxy) is 3. The number of guanidine groups is 1. The van der Waals surface area contributed by atoms with Crippen molar-refractivity contribution in [2.75, 3.05) is 31.7 Å². The minimum absolute atomic E-state index is 0. The van der Waals surface area contributed by atoms with Gasteiger partial charge >= 0.3 is 0 Å². The van der Waals surface area contributed by atoms with E-state index in [1.54, 1.807) is 0 Å². The number of aliphatic imine (C=N–C) groups is 1. The van der Waals surface area contributed by atoms with E-state index in [4.69, 9.17) is 19.9 Å². The lowest BCUT2D eigenvalue weighted by Gasteiger charge is -2.31. The Morgan fingerprint density at radius 1 is 1.24 bits per heavy atom. The maximum Gasteiger partial charge on any atom is 0.193 e. The maximum atomic E-state index is 6.06. The first-order valence-corrected chi connectivity index (χ1v) is 8.81. The van der Waals surface area contributed by atoms with Gasteiger partial charge in [0.1, 0.15) is 6.10 Å². The lowest BCUT2D eigenvalue weighted by Crippen LogP contribution is -2.38. The third kappa shape index (κ3) is 4.45. The van der Waals surface area contributed by atoms with E-state index in [9.17, 15) is 0 Å². The van der Waals surface area contributed by atoms with E-state index < -0.39 is 5.79 Å². The van der Waals surface area contributed by atoms with Gasteiger partial charge in [0, 0.05) is 18.5 Å². The first-order valence-electron chi connectivity index (χ1n) is 8.81. The first-order chi connectivity index (χ1) is 11.7. The number of fused-ring (bicyclic) bond motifs is 1. The average molecular weight is 459 g/mol. The molecule has 0 saturated carbocycles. The molecule has 0 bridgehead atoms. The Kier molecular flexibility index (Phi) is 6.19. The molecule has 1 spiro atoms. The van der Waals surface area contributed by atoms with Gasteiger partial charge in [-0.2, -0.15) is 0 Å². The smallest absolute Gasteiger partial charge is 0.193 e. The van der Waals surface area contributed by atoms with Crippen LogP contribution in [0.15, 0.2) is 23.2 Å². The molecule has 0 radical (unpaired) electrons. The van der Waals surface area contributed by atoms with Gasteiger partial charge in [-0.1, -0.05) is 6.07 Å². The zero-order valence-electron chi connectivity index (χ0n) is 14.3. The molecule has 0 aromatic heterocycles. The number of benzene rings is 1. The van der Waals surface area contributed by atoms with Crippen LogP contribution in [0.5, 0.6) is 0 Å². The van der Waals surface area contributed by atoms with Crippen LogP contribution in [0.1, 0.15) is 30.4 Å². The largest absolute Gasteiger partial charge is 0.381 e. The Morgan fingerprint density at radius 3 is 2.88 bits per heavy atom. The Morgan fingerprint density at radius 2 is 2.04 bits per heavy atom. The molecule has 4 rings (SSSR count). The SMILES string of the molecule is I.NC(=NCC1COC2(CCOCC2)O1)Nc1ccc2c(c1)CCC2. The first kappa shape index (κ1) is 18.9. The predicted octanol–water partition coefficient (Wildman–Crippen LogP) is 2.44. The highest BCUT2D eigenvalue weighted by Crippen LogP contribution is 2.33. The van der Waals surface area contributed by atoms with Crippen LogP contribution in [0.2, 0.25) is 0 Å². The number of nitrogens with two attached hydrogens (primary N) is 1. The summed E-state index contributed by atoms with van der Waals surface area (Å²) in [5, 5.41) is 3.18. The summed E-state index contributed by atoms with van der Waals surface area (Å²) in [5.41, 5.74) is 9.89. The van der Waals surface area contributed by atoms with Gasteiger partial charge in [-0.3, -0.25) is 4.99 Å². The fraction of sp³-hybridized carbons (Fsp3) is 0.611. The van der Waals surface area contributed by atoms with E-state index in [0.29, 0.717) is 32.3 Å². The monoisotopic (exact) mass is 459 g/mol. The highest BCUT2D eigenvalue weighted by Gasteiger charge is 2.42. The van der Waals surface area contributed by atoms with Crippen LogP contribution in [-0.2, 0) is 27.1 Å². The van der Waals surface area contributed by atoms with Crippen molar-refractivity contribution in [2.24, 2.45) is 10.7 Å². The van der Waals surface area contributed by atoms with Crippen molar-refractivity contribution >= 4 is 35.6 Å². The van der Waals surface area contributed by atoms with Crippen LogP contribution in [0.25, 0.3) is 0 Å². The molecule has 1 aromatic carbocycles. The average Bonchev–Trinajstić information content (AvgIpc) is 3.21. The van der Waals surface area contributed by atoms with Crippen molar-refractivity contribution < 1.29 is 14.2 Å². The summed E-state index contributed by atoms with van der Waals surface area (Å²) in [6.07, 6.45) is 5.12. The van der Waals surface area contributed by atoms with Crippen molar-refractivity contribution in [3.63, 3.8) is 0 Å². The zero-order valence-corrected chi connectivity index (χ0v) is 16.7. The molecule has 1 aromatic rings. The third-order valence-electron chi connectivity index (χ3n) is 5.00. The Labute approximate surface area is 165 Å². The van der Waals surface area contributed by atoms with Crippen molar-refractivity contribution in [1.82, 2.24) is 0 Å². The minimum atomic E-state index is -0.458. The normalized spacial score (nSPS) is 24.8. The Hall–Kier alpha value is -0.900. The van der Waals surface area contributed by atoms with Gasteiger partial charge < -0.3 is 25.3 Å². The molecule has 3 N–H and O–H groups in total. The molecule has 1 unspecified atom stereocenters. The minimum Gasteiger partial charge on any atom is -0.381 e. The van der Waals surface area contributed by atoms with Crippen molar-refractivity contribution in [2.45, 2.75) is 44.0 Å². The molecule has 25 heavy (non-hydrogen) atoms. The number of aryl methyl sites for hydroxylation is 2. The maximum absolute atomic E-state index is 6.06. The van der Waals surface area contributed by atoms with Crippen molar-refractivity contribution in [1.29, 1.82) is 0 Å². The van der Waals surface area contributed by atoms with Crippen LogP contribution >= 0.6 is 24.0 Å². The second-order valence-electron chi connectivity index (χ2n) is 6.76. The molecule has 2 aliphatic heterocycles. The van der Waals surface area contributed by atoms with Crippen LogP contribution in [0.3, 0.4) is 0 Å². The van der Waals surface area contributed by atoms with E-state index >= 15 is 0 Å². The number of rotatable bonds is 3. The molecular weight excluding hydrogens is 433 g/mol. The standard InChI is InChI=1S/C18H25N3O3.HI/c19-17(21-15-5-4-13-2-1-3-14(13)10-15)20-11-16-12-23-18(24-16)6-8-22-9-7-18;/h4-5,10,16H,1-3,6-9,11-12H2,(H3,19,20,21);1H. The molecule has 6 nitrogen and oxygen atoms in total.